The highest BCUT2D eigenvalue weighted by molar-refractivity contribution is 6.36. The maximum atomic E-state index is 13.3. The monoisotopic (exact) mass is 408 g/mol. The number of likely N-dealkylation sites (N-methyl/N-ethyl adjacent to an activating group) is 1. The van der Waals surface area contributed by atoms with Crippen LogP contribution < -0.4 is 9.64 Å². The van der Waals surface area contributed by atoms with Gasteiger partial charge in [0.15, 0.2) is 0 Å². The Morgan fingerprint density at radius 3 is 2.23 bits per heavy atom. The number of anilines is 1. The summed E-state index contributed by atoms with van der Waals surface area (Å²) in [5.74, 6) is 0.0932. The molecule has 0 saturated heterocycles. The van der Waals surface area contributed by atoms with Gasteiger partial charge in [-0.2, -0.15) is 0 Å². The van der Waals surface area contributed by atoms with Gasteiger partial charge in [-0.15, -0.1) is 0 Å². The smallest absolute Gasteiger partial charge is 0.278 e. The predicted molar refractivity (Wildman–Crippen MR) is 117 cm³/mol. The summed E-state index contributed by atoms with van der Waals surface area (Å²) >= 11 is 0. The highest BCUT2D eigenvalue weighted by atomic mass is 16.5. The first-order valence-corrected chi connectivity index (χ1v) is 10.2. The van der Waals surface area contributed by atoms with E-state index in [9.17, 15) is 9.59 Å². The standard InChI is InChI=1S/C24H28N2O4/c1-5-29-20-13-11-18(12-14-20)21-22(25(4)19-9-7-6-8-10-19)24(28)26(23(21)27)15-16-30-17(2)3/h6-14,17H,5,15-16H2,1-4H3. The van der Waals surface area contributed by atoms with Crippen molar-refractivity contribution in [3.05, 3.63) is 65.9 Å². The van der Waals surface area contributed by atoms with Gasteiger partial charge in [0.2, 0.25) is 0 Å². The molecule has 0 unspecified atom stereocenters. The predicted octanol–water partition coefficient (Wildman–Crippen LogP) is 3.73. The molecule has 6 heteroatoms. The Labute approximate surface area is 177 Å². The molecule has 2 aromatic carbocycles. The molecular formula is C24H28N2O4. The van der Waals surface area contributed by atoms with Crippen LogP contribution in [0.3, 0.4) is 0 Å². The van der Waals surface area contributed by atoms with E-state index in [4.69, 9.17) is 9.47 Å². The average molecular weight is 408 g/mol. The normalized spacial score (nSPS) is 14.1. The molecule has 30 heavy (non-hydrogen) atoms. The van der Waals surface area contributed by atoms with E-state index in [0.29, 0.717) is 30.0 Å². The van der Waals surface area contributed by atoms with Crippen LogP contribution in [-0.2, 0) is 14.3 Å². The van der Waals surface area contributed by atoms with Gasteiger partial charge in [-0.1, -0.05) is 30.3 Å². The zero-order valence-corrected chi connectivity index (χ0v) is 17.9. The number of hydrogen-bond acceptors (Lipinski definition) is 5. The van der Waals surface area contributed by atoms with E-state index >= 15 is 0 Å². The first kappa shape index (κ1) is 21.6. The highest BCUT2D eigenvalue weighted by Crippen LogP contribution is 2.34. The Bertz CT molecular complexity index is 920. The average Bonchev–Trinajstić information content (AvgIpc) is 2.99. The molecule has 0 atom stereocenters. The Balaban J connectivity index is 1.99. The fraction of sp³-hybridized carbons (Fsp3) is 0.333. The quantitative estimate of drug-likeness (QED) is 0.592. The third kappa shape index (κ3) is 4.54. The molecule has 6 nitrogen and oxygen atoms in total. The van der Waals surface area contributed by atoms with Crippen LogP contribution in [0.25, 0.3) is 5.57 Å². The van der Waals surface area contributed by atoms with Gasteiger partial charge in [-0.3, -0.25) is 14.5 Å². The van der Waals surface area contributed by atoms with Crippen molar-refractivity contribution in [2.24, 2.45) is 0 Å². The molecule has 0 saturated carbocycles. The Kier molecular flexibility index (Phi) is 6.90. The lowest BCUT2D eigenvalue weighted by Gasteiger charge is -2.21. The van der Waals surface area contributed by atoms with Gasteiger partial charge in [0.25, 0.3) is 11.8 Å². The van der Waals surface area contributed by atoms with Gasteiger partial charge in [-0.25, -0.2) is 0 Å². The van der Waals surface area contributed by atoms with Crippen LogP contribution in [0.15, 0.2) is 60.3 Å². The molecule has 1 heterocycles. The first-order chi connectivity index (χ1) is 14.4. The zero-order chi connectivity index (χ0) is 21.7. The van der Waals surface area contributed by atoms with Crippen molar-refractivity contribution in [3.63, 3.8) is 0 Å². The second-order valence-electron chi connectivity index (χ2n) is 7.26. The topological polar surface area (TPSA) is 59.1 Å². The van der Waals surface area contributed by atoms with Crippen LogP contribution >= 0.6 is 0 Å². The van der Waals surface area contributed by atoms with Crippen LogP contribution in [0, 0.1) is 0 Å². The van der Waals surface area contributed by atoms with Gasteiger partial charge >= 0.3 is 0 Å². The number of nitrogens with zero attached hydrogens (tertiary/aromatic N) is 2. The van der Waals surface area contributed by atoms with Crippen molar-refractivity contribution in [2.75, 3.05) is 31.7 Å². The summed E-state index contributed by atoms with van der Waals surface area (Å²) in [7, 11) is 1.80. The largest absolute Gasteiger partial charge is 0.494 e. The van der Waals surface area contributed by atoms with E-state index in [0.717, 1.165) is 11.4 Å². The van der Waals surface area contributed by atoms with Crippen LogP contribution in [0.4, 0.5) is 5.69 Å². The summed E-state index contributed by atoms with van der Waals surface area (Å²) in [6.45, 7) is 6.83. The van der Waals surface area contributed by atoms with Crippen LogP contribution in [-0.4, -0.2) is 49.6 Å². The zero-order valence-electron chi connectivity index (χ0n) is 17.9. The number of para-hydroxylation sites is 1. The summed E-state index contributed by atoms with van der Waals surface area (Å²) in [6.07, 6.45) is 0.0304. The van der Waals surface area contributed by atoms with Crippen molar-refractivity contribution in [3.8, 4) is 5.75 Å². The molecule has 0 aromatic heterocycles. The van der Waals surface area contributed by atoms with Crippen molar-refractivity contribution >= 4 is 23.1 Å². The molecule has 0 aliphatic carbocycles. The number of benzene rings is 2. The molecule has 1 aliphatic rings. The SMILES string of the molecule is CCOc1ccc(C2=C(N(C)c3ccccc3)C(=O)N(CCOC(C)C)C2=O)cc1. The minimum absolute atomic E-state index is 0.0304. The number of hydrogen-bond donors (Lipinski definition) is 0. The summed E-state index contributed by atoms with van der Waals surface area (Å²) < 4.78 is 11.1. The molecule has 1 aliphatic heterocycles. The molecule has 0 N–H and O–H groups in total. The molecule has 0 spiro atoms. The number of carbonyl (C=O) groups excluding carboxylic acids is 2. The molecule has 2 aromatic rings. The van der Waals surface area contributed by atoms with Gasteiger partial charge in [0.05, 0.1) is 31.4 Å². The van der Waals surface area contributed by atoms with Crippen molar-refractivity contribution in [2.45, 2.75) is 26.9 Å². The fourth-order valence-corrected chi connectivity index (χ4v) is 3.38. The Morgan fingerprint density at radius 1 is 0.967 bits per heavy atom. The maximum Gasteiger partial charge on any atom is 0.278 e. The van der Waals surface area contributed by atoms with Crippen molar-refractivity contribution in [1.29, 1.82) is 0 Å². The summed E-state index contributed by atoms with van der Waals surface area (Å²) in [4.78, 5) is 29.6. The number of ether oxygens (including phenoxy) is 2. The lowest BCUT2D eigenvalue weighted by molar-refractivity contribution is -0.138. The highest BCUT2D eigenvalue weighted by Gasteiger charge is 2.40. The number of carbonyl (C=O) groups is 2. The summed E-state index contributed by atoms with van der Waals surface area (Å²) in [5.41, 5.74) is 2.26. The molecule has 0 radical (unpaired) electrons. The summed E-state index contributed by atoms with van der Waals surface area (Å²) in [6, 6.07) is 16.8. The lowest BCUT2D eigenvalue weighted by Crippen LogP contribution is -2.37. The lowest BCUT2D eigenvalue weighted by atomic mass is 10.0. The second-order valence-corrected chi connectivity index (χ2v) is 7.26. The van der Waals surface area contributed by atoms with Crippen molar-refractivity contribution < 1.29 is 19.1 Å². The second kappa shape index (κ2) is 9.59. The number of amides is 2. The van der Waals surface area contributed by atoms with E-state index < -0.39 is 0 Å². The van der Waals surface area contributed by atoms with E-state index in [1.54, 1.807) is 11.9 Å². The van der Waals surface area contributed by atoms with Gasteiger partial charge in [-0.05, 0) is 50.6 Å². The maximum absolute atomic E-state index is 13.3. The third-order valence-electron chi connectivity index (χ3n) is 4.84. The molecular weight excluding hydrogens is 380 g/mol. The molecule has 158 valence electrons. The Hall–Kier alpha value is -3.12. The molecule has 2 amide bonds. The number of imide groups is 1. The minimum atomic E-state index is -0.317. The fourth-order valence-electron chi connectivity index (χ4n) is 3.38. The minimum Gasteiger partial charge on any atom is -0.494 e. The van der Waals surface area contributed by atoms with E-state index in [1.165, 1.54) is 4.90 Å². The Morgan fingerprint density at radius 2 is 1.63 bits per heavy atom. The van der Waals surface area contributed by atoms with Crippen LogP contribution in [0.2, 0.25) is 0 Å². The van der Waals surface area contributed by atoms with Crippen LogP contribution in [0.1, 0.15) is 26.3 Å². The molecule has 0 fully saturated rings. The van der Waals surface area contributed by atoms with E-state index in [-0.39, 0.29) is 24.5 Å². The van der Waals surface area contributed by atoms with Crippen molar-refractivity contribution in [1.82, 2.24) is 4.90 Å². The first-order valence-electron chi connectivity index (χ1n) is 10.2. The van der Waals surface area contributed by atoms with Gasteiger partial charge in [0, 0.05) is 12.7 Å². The molecule has 3 rings (SSSR count). The van der Waals surface area contributed by atoms with E-state index in [1.807, 2.05) is 75.4 Å². The van der Waals surface area contributed by atoms with Crippen LogP contribution in [0.5, 0.6) is 5.75 Å². The van der Waals surface area contributed by atoms with Gasteiger partial charge in [0.1, 0.15) is 11.4 Å². The third-order valence-corrected chi connectivity index (χ3v) is 4.84. The summed E-state index contributed by atoms with van der Waals surface area (Å²) in [5, 5.41) is 0. The molecule has 0 bridgehead atoms. The van der Waals surface area contributed by atoms with Gasteiger partial charge < -0.3 is 14.4 Å². The number of rotatable bonds is 9. The van der Waals surface area contributed by atoms with E-state index in [2.05, 4.69) is 0 Å².